The van der Waals surface area contributed by atoms with E-state index >= 15 is 0 Å². The molecule has 4 nitrogen and oxygen atoms in total. The van der Waals surface area contributed by atoms with E-state index in [4.69, 9.17) is 5.11 Å². The van der Waals surface area contributed by atoms with Crippen LogP contribution in [-0.2, 0) is 4.79 Å². The highest BCUT2D eigenvalue weighted by Crippen LogP contribution is 2.21. The van der Waals surface area contributed by atoms with E-state index in [1.54, 1.807) is 0 Å². The summed E-state index contributed by atoms with van der Waals surface area (Å²) in [6.07, 6.45) is 2.68. The molecule has 2 N–H and O–H groups in total. The molecule has 1 unspecified atom stereocenters. The number of carbonyl (C=O) groups is 1. The van der Waals surface area contributed by atoms with E-state index in [0.29, 0.717) is 18.4 Å². The molecule has 1 fully saturated rings. The average molecular weight is 270 g/mol. The van der Waals surface area contributed by atoms with Gasteiger partial charge in [0.05, 0.1) is 0 Å². The van der Waals surface area contributed by atoms with Crippen LogP contribution >= 0.6 is 0 Å². The molecule has 0 aliphatic carbocycles. The molecule has 19 heavy (non-hydrogen) atoms. The number of hydrogen-bond donors (Lipinski definition) is 2. The summed E-state index contributed by atoms with van der Waals surface area (Å²) < 4.78 is 0. The smallest absolute Gasteiger partial charge is 0.223 e. The minimum Gasteiger partial charge on any atom is -0.396 e. The van der Waals surface area contributed by atoms with E-state index in [1.165, 1.54) is 0 Å². The molecule has 0 aromatic heterocycles. The van der Waals surface area contributed by atoms with Crippen molar-refractivity contribution in [1.29, 1.82) is 0 Å². The van der Waals surface area contributed by atoms with Gasteiger partial charge in [-0.15, -0.1) is 0 Å². The van der Waals surface area contributed by atoms with Crippen molar-refractivity contribution >= 4 is 5.91 Å². The van der Waals surface area contributed by atoms with Crippen LogP contribution in [0.3, 0.4) is 0 Å². The molecule has 1 saturated heterocycles. The fraction of sp³-hybridized carbons (Fsp3) is 0.933. The van der Waals surface area contributed by atoms with Gasteiger partial charge in [-0.3, -0.25) is 4.79 Å². The molecule has 0 saturated carbocycles. The van der Waals surface area contributed by atoms with Crippen molar-refractivity contribution in [2.45, 2.75) is 53.0 Å². The van der Waals surface area contributed by atoms with E-state index in [1.807, 2.05) is 11.8 Å². The molecule has 112 valence electrons. The van der Waals surface area contributed by atoms with E-state index in [9.17, 15) is 4.79 Å². The number of amides is 1. The molecule has 1 atom stereocenters. The highest BCUT2D eigenvalue weighted by molar-refractivity contribution is 5.76. The third-order valence-corrected chi connectivity index (χ3v) is 3.60. The maximum Gasteiger partial charge on any atom is 0.223 e. The number of nitrogens with one attached hydrogen (secondary N) is 1. The van der Waals surface area contributed by atoms with Gasteiger partial charge in [0.15, 0.2) is 0 Å². The van der Waals surface area contributed by atoms with Gasteiger partial charge in [0.2, 0.25) is 5.91 Å². The van der Waals surface area contributed by atoms with Crippen molar-refractivity contribution in [2.75, 3.05) is 26.2 Å². The summed E-state index contributed by atoms with van der Waals surface area (Å²) in [5.41, 5.74) is 0.0722. The van der Waals surface area contributed by atoms with Crippen LogP contribution in [0.5, 0.6) is 0 Å². The lowest BCUT2D eigenvalue weighted by Crippen LogP contribution is -2.46. The first-order chi connectivity index (χ1) is 8.81. The Morgan fingerprint density at radius 1 is 1.37 bits per heavy atom. The fourth-order valence-electron chi connectivity index (χ4n) is 2.33. The van der Waals surface area contributed by atoms with Gasteiger partial charge in [0, 0.05) is 38.7 Å². The Hall–Kier alpha value is -0.610. The molecule has 1 aliphatic heterocycles. The van der Waals surface area contributed by atoms with Gasteiger partial charge in [-0.2, -0.15) is 0 Å². The zero-order valence-electron chi connectivity index (χ0n) is 12.9. The minimum atomic E-state index is 0.0722. The third kappa shape index (κ3) is 6.39. The summed E-state index contributed by atoms with van der Waals surface area (Å²) in [4.78, 5) is 14.1. The normalized spacial score (nSPS) is 19.5. The number of likely N-dealkylation sites (tertiary alicyclic amines) is 1. The maximum atomic E-state index is 12.1. The highest BCUT2D eigenvalue weighted by atomic mass is 16.3. The molecule has 0 aromatic rings. The van der Waals surface area contributed by atoms with Gasteiger partial charge >= 0.3 is 0 Å². The maximum absolute atomic E-state index is 12.1. The number of hydrogen-bond acceptors (Lipinski definition) is 3. The largest absolute Gasteiger partial charge is 0.396 e. The van der Waals surface area contributed by atoms with Gasteiger partial charge in [0.25, 0.3) is 0 Å². The zero-order valence-corrected chi connectivity index (χ0v) is 12.9. The standard InChI is InChI=1S/C15H30N2O2/c1-12(11-18)10-16-13-5-7-17(8-6-13)14(19)9-15(2,3)4/h12-13,16,18H,5-11H2,1-4H3. The minimum absolute atomic E-state index is 0.0722. The molecular formula is C15H30N2O2. The molecular weight excluding hydrogens is 240 g/mol. The monoisotopic (exact) mass is 270 g/mol. The molecule has 0 spiro atoms. The molecule has 1 rings (SSSR count). The first-order valence-electron chi connectivity index (χ1n) is 7.44. The summed E-state index contributed by atoms with van der Waals surface area (Å²) in [7, 11) is 0. The van der Waals surface area contributed by atoms with E-state index < -0.39 is 0 Å². The second-order valence-corrected chi connectivity index (χ2v) is 7.09. The second-order valence-electron chi connectivity index (χ2n) is 7.09. The van der Waals surface area contributed by atoms with Crippen LogP contribution in [-0.4, -0.2) is 48.2 Å². The number of aliphatic hydroxyl groups is 1. The average Bonchev–Trinajstić information content (AvgIpc) is 2.34. The Labute approximate surface area is 117 Å². The number of carbonyl (C=O) groups excluding carboxylic acids is 1. The Morgan fingerprint density at radius 3 is 2.42 bits per heavy atom. The molecule has 1 amide bonds. The molecule has 0 bridgehead atoms. The van der Waals surface area contributed by atoms with Crippen LogP contribution in [0, 0.1) is 11.3 Å². The van der Waals surface area contributed by atoms with Crippen molar-refractivity contribution in [3.8, 4) is 0 Å². The summed E-state index contributed by atoms with van der Waals surface area (Å²) in [5, 5.41) is 12.5. The predicted molar refractivity (Wildman–Crippen MR) is 77.9 cm³/mol. The SMILES string of the molecule is CC(CO)CNC1CCN(C(=O)CC(C)(C)C)CC1. The lowest BCUT2D eigenvalue weighted by atomic mass is 9.91. The Bertz CT molecular complexity index is 278. The van der Waals surface area contributed by atoms with Crippen LogP contribution in [0.4, 0.5) is 0 Å². The van der Waals surface area contributed by atoms with Gasteiger partial charge in [-0.25, -0.2) is 0 Å². The van der Waals surface area contributed by atoms with Gasteiger partial charge < -0.3 is 15.3 Å². The van der Waals surface area contributed by atoms with Gasteiger partial charge in [-0.1, -0.05) is 27.7 Å². The van der Waals surface area contributed by atoms with Crippen LogP contribution in [0.15, 0.2) is 0 Å². The first-order valence-corrected chi connectivity index (χ1v) is 7.44. The van der Waals surface area contributed by atoms with Gasteiger partial charge in [-0.05, 0) is 24.2 Å². The van der Waals surface area contributed by atoms with E-state index in [-0.39, 0.29) is 17.9 Å². The van der Waals surface area contributed by atoms with Crippen LogP contribution in [0.1, 0.15) is 47.0 Å². The Kier molecular flexibility index (Phi) is 6.27. The predicted octanol–water partition coefficient (Wildman–Crippen LogP) is 1.63. The lowest BCUT2D eigenvalue weighted by Gasteiger charge is -2.34. The van der Waals surface area contributed by atoms with Crippen molar-refractivity contribution in [3.63, 3.8) is 0 Å². The van der Waals surface area contributed by atoms with Crippen LogP contribution in [0.25, 0.3) is 0 Å². The van der Waals surface area contributed by atoms with Crippen LogP contribution in [0.2, 0.25) is 0 Å². The van der Waals surface area contributed by atoms with Crippen molar-refractivity contribution in [2.24, 2.45) is 11.3 Å². The summed E-state index contributed by atoms with van der Waals surface area (Å²) in [5.74, 6) is 0.593. The summed E-state index contributed by atoms with van der Waals surface area (Å²) in [6, 6.07) is 0.493. The first kappa shape index (κ1) is 16.4. The lowest BCUT2D eigenvalue weighted by molar-refractivity contribution is -0.134. The Balaban J connectivity index is 2.27. The number of piperidine rings is 1. The third-order valence-electron chi connectivity index (χ3n) is 3.60. The molecule has 1 aliphatic rings. The van der Waals surface area contributed by atoms with Crippen molar-refractivity contribution in [3.05, 3.63) is 0 Å². The van der Waals surface area contributed by atoms with Crippen LogP contribution < -0.4 is 5.32 Å². The fourth-order valence-corrected chi connectivity index (χ4v) is 2.33. The topological polar surface area (TPSA) is 52.6 Å². The molecule has 0 aromatic carbocycles. The van der Waals surface area contributed by atoms with Crippen molar-refractivity contribution < 1.29 is 9.90 Å². The zero-order chi connectivity index (χ0) is 14.5. The molecule has 0 radical (unpaired) electrons. The number of nitrogens with zero attached hydrogens (tertiary/aromatic N) is 1. The second kappa shape index (κ2) is 7.25. The molecule has 1 heterocycles. The quantitative estimate of drug-likeness (QED) is 0.798. The van der Waals surface area contributed by atoms with E-state index in [0.717, 1.165) is 32.5 Å². The number of rotatable bonds is 5. The van der Waals surface area contributed by atoms with Crippen molar-refractivity contribution in [1.82, 2.24) is 10.2 Å². The highest BCUT2D eigenvalue weighted by Gasteiger charge is 2.25. The Morgan fingerprint density at radius 2 is 1.95 bits per heavy atom. The molecule has 4 heteroatoms. The number of aliphatic hydroxyl groups excluding tert-OH is 1. The van der Waals surface area contributed by atoms with E-state index in [2.05, 4.69) is 26.1 Å². The summed E-state index contributed by atoms with van der Waals surface area (Å²) in [6.45, 7) is 11.2. The summed E-state index contributed by atoms with van der Waals surface area (Å²) >= 11 is 0. The van der Waals surface area contributed by atoms with Gasteiger partial charge in [0.1, 0.15) is 0 Å².